The van der Waals surface area contributed by atoms with Crippen molar-refractivity contribution in [3.05, 3.63) is 29.8 Å². The second-order valence-corrected chi connectivity index (χ2v) is 4.63. The van der Waals surface area contributed by atoms with Crippen LogP contribution in [0.3, 0.4) is 0 Å². The van der Waals surface area contributed by atoms with Crippen LogP contribution in [0.2, 0.25) is 0 Å². The van der Waals surface area contributed by atoms with Gasteiger partial charge in [0.2, 0.25) is 5.91 Å². The molecule has 5 nitrogen and oxygen atoms in total. The molecule has 1 rings (SSSR count). The van der Waals surface area contributed by atoms with Gasteiger partial charge in [0.05, 0.1) is 11.3 Å². The second-order valence-electron chi connectivity index (χ2n) is 4.63. The molecule has 0 spiro atoms. The molecule has 0 atom stereocenters. The zero-order valence-corrected chi connectivity index (χ0v) is 11.9. The Hall–Kier alpha value is -1.88. The molecular formula is C15H23N3O2. The zero-order valence-electron chi connectivity index (χ0n) is 11.9. The summed E-state index contributed by atoms with van der Waals surface area (Å²) in [4.78, 5) is 23.5. The van der Waals surface area contributed by atoms with E-state index in [9.17, 15) is 9.59 Å². The minimum Gasteiger partial charge on any atom is -0.355 e. The summed E-state index contributed by atoms with van der Waals surface area (Å²) in [5.74, 6) is -0.266. The van der Waals surface area contributed by atoms with E-state index in [2.05, 4.69) is 10.6 Å². The molecule has 2 amide bonds. The largest absolute Gasteiger partial charge is 0.355 e. The van der Waals surface area contributed by atoms with Crippen LogP contribution in [0, 0.1) is 0 Å². The lowest BCUT2D eigenvalue weighted by Gasteiger charge is -2.10. The van der Waals surface area contributed by atoms with E-state index in [4.69, 9.17) is 5.73 Å². The van der Waals surface area contributed by atoms with E-state index in [0.29, 0.717) is 24.2 Å². The fourth-order valence-corrected chi connectivity index (χ4v) is 1.92. The average molecular weight is 277 g/mol. The maximum Gasteiger partial charge on any atom is 0.253 e. The molecule has 0 radical (unpaired) electrons. The van der Waals surface area contributed by atoms with Crippen molar-refractivity contribution in [1.29, 1.82) is 0 Å². The van der Waals surface area contributed by atoms with Gasteiger partial charge in [0.25, 0.3) is 5.91 Å². The number of rotatable bonds is 8. The normalized spacial score (nSPS) is 10.1. The first-order valence-corrected chi connectivity index (χ1v) is 7.00. The molecule has 110 valence electrons. The van der Waals surface area contributed by atoms with E-state index < -0.39 is 0 Å². The van der Waals surface area contributed by atoms with Crippen LogP contribution in [0.1, 0.15) is 42.5 Å². The fraction of sp³-hybridized carbons (Fsp3) is 0.467. The quantitative estimate of drug-likeness (QED) is 0.634. The van der Waals surface area contributed by atoms with Crippen molar-refractivity contribution in [2.45, 2.75) is 32.1 Å². The maximum atomic E-state index is 11.8. The van der Waals surface area contributed by atoms with E-state index >= 15 is 0 Å². The van der Waals surface area contributed by atoms with Gasteiger partial charge in [-0.2, -0.15) is 0 Å². The number of carbonyl (C=O) groups excluding carboxylic acids is 2. The first-order valence-electron chi connectivity index (χ1n) is 7.00. The highest BCUT2D eigenvalue weighted by molar-refractivity contribution is 6.03. The van der Waals surface area contributed by atoms with Gasteiger partial charge in [0.1, 0.15) is 0 Å². The molecule has 0 saturated heterocycles. The van der Waals surface area contributed by atoms with Crippen LogP contribution >= 0.6 is 0 Å². The number of nitrogens with one attached hydrogen (secondary N) is 2. The molecule has 0 fully saturated rings. The first kappa shape index (κ1) is 16.2. The molecule has 0 aliphatic heterocycles. The van der Waals surface area contributed by atoms with E-state index in [0.717, 1.165) is 25.7 Å². The van der Waals surface area contributed by atoms with Gasteiger partial charge in [-0.05, 0) is 31.5 Å². The monoisotopic (exact) mass is 277 g/mol. The van der Waals surface area contributed by atoms with Crippen LogP contribution in [0.15, 0.2) is 24.3 Å². The fourth-order valence-electron chi connectivity index (χ4n) is 1.92. The lowest BCUT2D eigenvalue weighted by molar-refractivity contribution is -0.116. The molecule has 1 aromatic rings. The van der Waals surface area contributed by atoms with Crippen molar-refractivity contribution < 1.29 is 9.59 Å². The Morgan fingerprint density at radius 1 is 1.10 bits per heavy atom. The Balaban J connectivity index is 2.47. The first-order chi connectivity index (χ1) is 9.69. The van der Waals surface area contributed by atoms with Crippen LogP contribution in [-0.2, 0) is 4.79 Å². The van der Waals surface area contributed by atoms with Gasteiger partial charge in [0.15, 0.2) is 0 Å². The van der Waals surface area contributed by atoms with Crippen molar-refractivity contribution in [3.8, 4) is 0 Å². The molecule has 1 aromatic carbocycles. The molecule has 0 aliphatic carbocycles. The summed E-state index contributed by atoms with van der Waals surface area (Å²) in [5, 5.41) is 5.35. The molecule has 0 heterocycles. The number of para-hydroxylation sites is 1. The lowest BCUT2D eigenvalue weighted by Crippen LogP contribution is -2.21. The third-order valence-corrected chi connectivity index (χ3v) is 3.03. The number of anilines is 1. The number of unbranched alkanes of at least 4 members (excludes halogenated alkanes) is 3. The Labute approximate surface area is 119 Å². The summed E-state index contributed by atoms with van der Waals surface area (Å²) in [5.41, 5.74) is 6.45. The Kier molecular flexibility index (Phi) is 7.35. The summed E-state index contributed by atoms with van der Waals surface area (Å²) in [6.45, 7) is 0.700. The number of carbonyl (C=O) groups is 2. The van der Waals surface area contributed by atoms with Gasteiger partial charge in [-0.15, -0.1) is 0 Å². The topological polar surface area (TPSA) is 84.2 Å². The van der Waals surface area contributed by atoms with Gasteiger partial charge in [-0.1, -0.05) is 25.0 Å². The highest BCUT2D eigenvalue weighted by Crippen LogP contribution is 2.15. The van der Waals surface area contributed by atoms with Gasteiger partial charge in [-0.3, -0.25) is 9.59 Å². The van der Waals surface area contributed by atoms with Crippen LogP contribution in [0.4, 0.5) is 5.69 Å². The third kappa shape index (κ3) is 5.40. The molecule has 5 heteroatoms. The number of hydrogen-bond donors (Lipinski definition) is 3. The molecular weight excluding hydrogens is 254 g/mol. The van der Waals surface area contributed by atoms with Crippen LogP contribution in [0.5, 0.6) is 0 Å². The highest BCUT2D eigenvalue weighted by atomic mass is 16.2. The molecule has 20 heavy (non-hydrogen) atoms. The lowest BCUT2D eigenvalue weighted by atomic mass is 10.1. The average Bonchev–Trinajstić information content (AvgIpc) is 2.47. The number of amides is 2. The minimum atomic E-state index is -0.205. The van der Waals surface area contributed by atoms with Crippen LogP contribution in [-0.4, -0.2) is 25.4 Å². The number of hydrogen-bond acceptors (Lipinski definition) is 3. The molecule has 0 unspecified atom stereocenters. The van der Waals surface area contributed by atoms with Crippen LogP contribution < -0.4 is 16.4 Å². The second kappa shape index (κ2) is 9.09. The molecule has 0 bridgehead atoms. The summed E-state index contributed by atoms with van der Waals surface area (Å²) in [7, 11) is 1.57. The molecule has 4 N–H and O–H groups in total. The molecule has 0 aromatic heterocycles. The standard InChI is InChI=1S/C15H23N3O2/c1-17-15(20)12-8-5-6-9-13(12)18-14(19)10-4-2-3-7-11-16/h5-6,8-9H,2-4,7,10-11,16H2,1H3,(H,17,20)(H,18,19). The zero-order chi connectivity index (χ0) is 14.8. The number of nitrogens with two attached hydrogens (primary N) is 1. The maximum absolute atomic E-state index is 11.8. The number of benzene rings is 1. The van der Waals surface area contributed by atoms with E-state index in [1.165, 1.54) is 0 Å². The molecule has 0 aliphatic rings. The summed E-state index contributed by atoms with van der Waals surface area (Å²) < 4.78 is 0. The predicted molar refractivity (Wildman–Crippen MR) is 80.6 cm³/mol. The van der Waals surface area contributed by atoms with Crippen molar-refractivity contribution in [1.82, 2.24) is 5.32 Å². The van der Waals surface area contributed by atoms with Gasteiger partial charge >= 0.3 is 0 Å². The summed E-state index contributed by atoms with van der Waals surface area (Å²) in [6.07, 6.45) is 4.36. The highest BCUT2D eigenvalue weighted by Gasteiger charge is 2.11. The third-order valence-electron chi connectivity index (χ3n) is 3.03. The van der Waals surface area contributed by atoms with Crippen molar-refractivity contribution in [3.63, 3.8) is 0 Å². The van der Waals surface area contributed by atoms with Crippen LogP contribution in [0.25, 0.3) is 0 Å². The summed E-state index contributed by atoms with van der Waals surface area (Å²) >= 11 is 0. The van der Waals surface area contributed by atoms with Gasteiger partial charge in [-0.25, -0.2) is 0 Å². The van der Waals surface area contributed by atoms with Crippen molar-refractivity contribution in [2.24, 2.45) is 5.73 Å². The van der Waals surface area contributed by atoms with E-state index in [1.54, 1.807) is 31.3 Å². The Morgan fingerprint density at radius 2 is 1.80 bits per heavy atom. The predicted octanol–water partition coefficient (Wildman–Crippen LogP) is 1.89. The Morgan fingerprint density at radius 3 is 2.50 bits per heavy atom. The SMILES string of the molecule is CNC(=O)c1ccccc1NC(=O)CCCCCCN. The summed E-state index contributed by atoms with van der Waals surface area (Å²) in [6, 6.07) is 6.99. The van der Waals surface area contributed by atoms with E-state index in [1.807, 2.05) is 0 Å². The molecule has 0 saturated carbocycles. The Bertz CT molecular complexity index is 446. The van der Waals surface area contributed by atoms with E-state index in [-0.39, 0.29) is 11.8 Å². The minimum absolute atomic E-state index is 0.0610. The van der Waals surface area contributed by atoms with Crippen molar-refractivity contribution in [2.75, 3.05) is 18.9 Å². The van der Waals surface area contributed by atoms with Crippen molar-refractivity contribution >= 4 is 17.5 Å². The van der Waals surface area contributed by atoms with Gasteiger partial charge in [0, 0.05) is 13.5 Å². The van der Waals surface area contributed by atoms with Gasteiger partial charge < -0.3 is 16.4 Å². The smallest absolute Gasteiger partial charge is 0.253 e.